The summed E-state index contributed by atoms with van der Waals surface area (Å²) in [5.41, 5.74) is 0. The first kappa shape index (κ1) is 9.83. The normalized spacial score (nSPS) is 12.2. The zero-order valence-corrected chi connectivity index (χ0v) is 7.65. The maximum atomic E-state index is 9.07. The fourth-order valence-corrected chi connectivity index (χ4v) is 0.842. The average Bonchev–Trinajstić information content (AvgIpc) is 2.19. The highest BCUT2D eigenvalue weighted by Crippen LogP contribution is 2.17. The summed E-state index contributed by atoms with van der Waals surface area (Å²) in [6, 6.07) is 6.97. The zero-order valence-electron chi connectivity index (χ0n) is 7.65. The van der Waals surface area contributed by atoms with Crippen molar-refractivity contribution in [1.29, 1.82) is 0 Å². The molecule has 72 valence electrons. The van der Waals surface area contributed by atoms with E-state index < -0.39 is 6.41 Å². The van der Waals surface area contributed by atoms with E-state index in [1.807, 2.05) is 0 Å². The summed E-state index contributed by atoms with van der Waals surface area (Å²) in [5, 5.41) is 11.6. The quantitative estimate of drug-likeness (QED) is 0.670. The molecule has 0 saturated heterocycles. The van der Waals surface area contributed by atoms with Crippen molar-refractivity contribution >= 4 is 0 Å². The molecule has 1 rings (SSSR count). The molecule has 0 aliphatic carbocycles. The minimum Gasteiger partial charge on any atom is -0.497 e. The molecular weight excluding hydrogens is 170 g/mol. The number of hydrogen-bond donors (Lipinski definition) is 2. The summed E-state index contributed by atoms with van der Waals surface area (Å²) >= 11 is 0. The molecule has 0 spiro atoms. The molecule has 1 aromatic carbocycles. The van der Waals surface area contributed by atoms with Crippen LogP contribution in [0, 0.1) is 0 Å². The Balaban J connectivity index is 2.58. The van der Waals surface area contributed by atoms with Gasteiger partial charge >= 0.3 is 0 Å². The number of nitrogens with one attached hydrogen (secondary N) is 1. The lowest BCUT2D eigenvalue weighted by Gasteiger charge is -2.11. The molecule has 2 N–H and O–H groups in total. The largest absolute Gasteiger partial charge is 0.497 e. The van der Waals surface area contributed by atoms with Gasteiger partial charge in [0.2, 0.25) is 0 Å². The van der Waals surface area contributed by atoms with Gasteiger partial charge in [-0.3, -0.25) is 5.32 Å². The molecule has 0 fully saturated rings. The van der Waals surface area contributed by atoms with Gasteiger partial charge in [0.25, 0.3) is 6.41 Å². The molecule has 0 radical (unpaired) electrons. The number of hydrogen-bond acceptors (Lipinski definition) is 4. The van der Waals surface area contributed by atoms with E-state index in [1.54, 1.807) is 38.4 Å². The van der Waals surface area contributed by atoms with Gasteiger partial charge in [-0.05, 0) is 31.3 Å². The molecule has 1 atom stereocenters. The van der Waals surface area contributed by atoms with E-state index >= 15 is 0 Å². The Morgan fingerprint density at radius 3 is 2.23 bits per heavy atom. The van der Waals surface area contributed by atoms with Crippen molar-refractivity contribution in [2.75, 3.05) is 14.2 Å². The molecule has 0 bridgehead atoms. The Hall–Kier alpha value is -1.26. The van der Waals surface area contributed by atoms with E-state index in [2.05, 4.69) is 5.32 Å². The number of aliphatic hydroxyl groups is 1. The zero-order chi connectivity index (χ0) is 9.68. The van der Waals surface area contributed by atoms with E-state index in [-0.39, 0.29) is 0 Å². The van der Waals surface area contributed by atoms with Crippen LogP contribution in [0.15, 0.2) is 24.3 Å². The van der Waals surface area contributed by atoms with Gasteiger partial charge in [-0.15, -0.1) is 0 Å². The fraction of sp³-hybridized carbons (Fsp3) is 0.333. The predicted molar refractivity (Wildman–Crippen MR) is 48.7 cm³/mol. The first-order chi connectivity index (χ1) is 6.26. The third kappa shape index (κ3) is 2.93. The molecule has 1 unspecified atom stereocenters. The third-order valence-electron chi connectivity index (χ3n) is 1.55. The van der Waals surface area contributed by atoms with Crippen molar-refractivity contribution in [3.05, 3.63) is 24.3 Å². The number of rotatable bonds is 4. The first-order valence-corrected chi connectivity index (χ1v) is 3.92. The molecule has 13 heavy (non-hydrogen) atoms. The van der Waals surface area contributed by atoms with Crippen molar-refractivity contribution < 1.29 is 14.6 Å². The van der Waals surface area contributed by atoms with E-state index in [0.717, 1.165) is 5.75 Å². The van der Waals surface area contributed by atoms with Gasteiger partial charge in [0.15, 0.2) is 0 Å². The first-order valence-electron chi connectivity index (χ1n) is 3.92. The summed E-state index contributed by atoms with van der Waals surface area (Å²) < 4.78 is 10.0. The lowest BCUT2D eigenvalue weighted by Crippen LogP contribution is -2.30. The van der Waals surface area contributed by atoms with Crippen LogP contribution in [0.1, 0.15) is 0 Å². The van der Waals surface area contributed by atoms with Gasteiger partial charge in [-0.1, -0.05) is 0 Å². The van der Waals surface area contributed by atoms with Gasteiger partial charge in [-0.25, -0.2) is 0 Å². The predicted octanol–water partition coefficient (Wildman–Crippen LogP) is 0.569. The Morgan fingerprint density at radius 1 is 1.23 bits per heavy atom. The van der Waals surface area contributed by atoms with Crippen molar-refractivity contribution in [2.24, 2.45) is 0 Å². The minimum absolute atomic E-state index is 0.586. The second kappa shape index (κ2) is 4.69. The van der Waals surface area contributed by atoms with Gasteiger partial charge in [0.1, 0.15) is 11.5 Å². The Morgan fingerprint density at radius 2 is 1.77 bits per heavy atom. The topological polar surface area (TPSA) is 50.7 Å². The van der Waals surface area contributed by atoms with Crippen LogP contribution in [-0.4, -0.2) is 25.7 Å². The highest BCUT2D eigenvalue weighted by Gasteiger charge is 2.00. The van der Waals surface area contributed by atoms with Crippen LogP contribution < -0.4 is 14.8 Å². The van der Waals surface area contributed by atoms with Crippen LogP contribution in [0.2, 0.25) is 0 Å². The Bertz CT molecular complexity index is 248. The van der Waals surface area contributed by atoms with Gasteiger partial charge < -0.3 is 14.6 Å². The molecule has 4 nitrogen and oxygen atoms in total. The van der Waals surface area contributed by atoms with Crippen LogP contribution in [-0.2, 0) is 0 Å². The average molecular weight is 183 g/mol. The number of methoxy groups -OCH3 is 1. The SMILES string of the molecule is CNC(O)Oc1ccc(OC)cc1. The van der Waals surface area contributed by atoms with E-state index in [4.69, 9.17) is 14.6 Å². The molecule has 0 saturated carbocycles. The van der Waals surface area contributed by atoms with Crippen molar-refractivity contribution in [3.63, 3.8) is 0 Å². The van der Waals surface area contributed by atoms with Gasteiger partial charge in [0.05, 0.1) is 7.11 Å². The lowest BCUT2D eigenvalue weighted by atomic mass is 10.3. The summed E-state index contributed by atoms with van der Waals surface area (Å²) in [6.45, 7) is 0. The Kier molecular flexibility index (Phi) is 3.54. The highest BCUT2D eigenvalue weighted by atomic mass is 16.6. The van der Waals surface area contributed by atoms with E-state index in [9.17, 15) is 0 Å². The smallest absolute Gasteiger partial charge is 0.256 e. The van der Waals surface area contributed by atoms with E-state index in [0.29, 0.717) is 5.75 Å². The molecule has 0 heterocycles. The Labute approximate surface area is 77.1 Å². The second-order valence-electron chi connectivity index (χ2n) is 2.43. The third-order valence-corrected chi connectivity index (χ3v) is 1.55. The van der Waals surface area contributed by atoms with Crippen LogP contribution >= 0.6 is 0 Å². The molecule has 0 amide bonds. The van der Waals surface area contributed by atoms with Gasteiger partial charge in [0, 0.05) is 0 Å². The summed E-state index contributed by atoms with van der Waals surface area (Å²) in [7, 11) is 3.20. The molecular formula is C9H13NO3. The fourth-order valence-electron chi connectivity index (χ4n) is 0.842. The standard InChI is InChI=1S/C9H13NO3/c1-10-9(11)13-8-5-3-7(12-2)4-6-8/h3-6,9-11H,1-2H3. The van der Waals surface area contributed by atoms with Crippen molar-refractivity contribution in [3.8, 4) is 11.5 Å². The summed E-state index contributed by atoms with van der Waals surface area (Å²) in [4.78, 5) is 0. The van der Waals surface area contributed by atoms with E-state index in [1.165, 1.54) is 0 Å². The minimum atomic E-state index is -0.978. The lowest BCUT2D eigenvalue weighted by molar-refractivity contribution is -0.0380. The summed E-state index contributed by atoms with van der Waals surface area (Å²) in [5.74, 6) is 1.34. The number of benzene rings is 1. The van der Waals surface area contributed by atoms with Crippen LogP contribution in [0.25, 0.3) is 0 Å². The molecule has 1 aromatic rings. The maximum absolute atomic E-state index is 9.07. The monoisotopic (exact) mass is 183 g/mol. The molecule has 0 aliphatic heterocycles. The number of aliphatic hydroxyl groups excluding tert-OH is 1. The van der Waals surface area contributed by atoms with Crippen LogP contribution in [0.5, 0.6) is 11.5 Å². The molecule has 0 aromatic heterocycles. The maximum Gasteiger partial charge on any atom is 0.256 e. The van der Waals surface area contributed by atoms with Crippen molar-refractivity contribution in [1.82, 2.24) is 5.32 Å². The van der Waals surface area contributed by atoms with Crippen molar-refractivity contribution in [2.45, 2.75) is 6.41 Å². The second-order valence-corrected chi connectivity index (χ2v) is 2.43. The molecule has 0 aliphatic rings. The van der Waals surface area contributed by atoms with Crippen LogP contribution in [0.3, 0.4) is 0 Å². The van der Waals surface area contributed by atoms with Gasteiger partial charge in [-0.2, -0.15) is 0 Å². The number of ether oxygens (including phenoxy) is 2. The van der Waals surface area contributed by atoms with Crippen LogP contribution in [0.4, 0.5) is 0 Å². The summed E-state index contributed by atoms with van der Waals surface area (Å²) in [6.07, 6.45) is -0.978. The molecule has 4 heteroatoms. The highest BCUT2D eigenvalue weighted by molar-refractivity contribution is 5.31.